The Morgan fingerprint density at radius 1 is 0.829 bits per heavy atom. The monoisotopic (exact) mass is 552 g/mol. The summed E-state index contributed by atoms with van der Waals surface area (Å²) in [5.74, 6) is 0.549. The quantitative estimate of drug-likeness (QED) is 0.258. The van der Waals surface area contributed by atoms with Crippen molar-refractivity contribution < 1.29 is 0 Å². The highest BCUT2D eigenvalue weighted by atomic mass is 15.3. The number of nitrogens with two attached hydrogens (primary N) is 1. The molecule has 0 saturated carbocycles. The molecule has 0 amide bonds. The zero-order valence-corrected chi connectivity index (χ0v) is 24.0. The Morgan fingerprint density at radius 2 is 1.44 bits per heavy atom. The molecule has 3 saturated heterocycles. The molecule has 8 nitrogen and oxygen atoms in total. The fraction of sp³-hybridized carbons (Fsp3) is 0.364. The normalized spacial score (nSPS) is 21.3. The van der Waals surface area contributed by atoms with Crippen LogP contribution in [-0.2, 0) is 0 Å². The second-order valence-electron chi connectivity index (χ2n) is 11.0. The number of anilines is 3. The van der Waals surface area contributed by atoms with E-state index in [2.05, 4.69) is 80.1 Å². The zero-order valence-electron chi connectivity index (χ0n) is 24.0. The van der Waals surface area contributed by atoms with Gasteiger partial charge in [-0.3, -0.25) is 0 Å². The Balaban J connectivity index is 1.06. The van der Waals surface area contributed by atoms with Gasteiger partial charge in [-0.05, 0) is 86.8 Å². The highest BCUT2D eigenvalue weighted by molar-refractivity contribution is 5.84. The summed E-state index contributed by atoms with van der Waals surface area (Å²) in [5, 5.41) is 13.7. The van der Waals surface area contributed by atoms with Gasteiger partial charge in [0.05, 0.1) is 0 Å². The molecule has 3 aliphatic heterocycles. The predicted octanol–water partition coefficient (Wildman–Crippen LogP) is 4.71. The lowest BCUT2D eigenvalue weighted by molar-refractivity contribution is 0.298. The number of hydrogen-bond acceptors (Lipinski definition) is 8. The van der Waals surface area contributed by atoms with Gasteiger partial charge in [-0.15, -0.1) is 0 Å². The maximum Gasteiger partial charge on any atom is 0.122 e. The summed E-state index contributed by atoms with van der Waals surface area (Å²) in [4.78, 5) is 9.28. The van der Waals surface area contributed by atoms with Gasteiger partial charge in [0.25, 0.3) is 0 Å². The number of nitrogens with zero attached hydrogens (tertiary/aromatic N) is 3. The summed E-state index contributed by atoms with van der Waals surface area (Å²) in [6.45, 7) is 18.7. The summed E-state index contributed by atoms with van der Waals surface area (Å²) in [6, 6.07) is 17.3. The Hall–Kier alpha value is -4.01. The van der Waals surface area contributed by atoms with Gasteiger partial charge in [-0.25, -0.2) is 4.99 Å². The Morgan fingerprint density at radius 3 is 2.07 bits per heavy atom. The predicted molar refractivity (Wildman–Crippen MR) is 174 cm³/mol. The van der Waals surface area contributed by atoms with Crippen molar-refractivity contribution in [3.63, 3.8) is 0 Å². The van der Waals surface area contributed by atoms with Gasteiger partial charge in [0.15, 0.2) is 0 Å². The molecule has 3 heterocycles. The number of piperazine rings is 1. The van der Waals surface area contributed by atoms with Crippen LogP contribution in [0.5, 0.6) is 0 Å². The molecular weight excluding hydrogens is 508 g/mol. The maximum absolute atomic E-state index is 6.29. The van der Waals surface area contributed by atoms with Crippen molar-refractivity contribution in [2.24, 2.45) is 10.7 Å². The van der Waals surface area contributed by atoms with Crippen LogP contribution in [0, 0.1) is 0 Å². The van der Waals surface area contributed by atoms with Crippen LogP contribution >= 0.6 is 0 Å². The third kappa shape index (κ3) is 7.60. The van der Waals surface area contributed by atoms with Gasteiger partial charge >= 0.3 is 0 Å². The van der Waals surface area contributed by atoms with Crippen LogP contribution < -0.4 is 31.9 Å². The van der Waals surface area contributed by atoms with Gasteiger partial charge < -0.3 is 36.8 Å². The molecule has 8 heteroatoms. The Kier molecular flexibility index (Phi) is 9.44. The van der Waals surface area contributed by atoms with Crippen LogP contribution in [0.3, 0.4) is 0 Å². The van der Waals surface area contributed by atoms with E-state index in [-0.39, 0.29) is 0 Å². The number of benzene rings is 2. The van der Waals surface area contributed by atoms with Crippen molar-refractivity contribution in [1.82, 2.24) is 15.5 Å². The Bertz CT molecular complexity index is 1260. The third-order valence-corrected chi connectivity index (χ3v) is 8.16. The van der Waals surface area contributed by atoms with Crippen LogP contribution in [0.25, 0.3) is 5.70 Å². The van der Waals surface area contributed by atoms with E-state index < -0.39 is 0 Å². The Labute approximate surface area is 244 Å². The lowest BCUT2D eigenvalue weighted by Gasteiger charge is -2.39. The second-order valence-corrected chi connectivity index (χ2v) is 11.0. The molecule has 6 N–H and O–H groups in total. The lowest BCUT2D eigenvalue weighted by atomic mass is 10.1. The summed E-state index contributed by atoms with van der Waals surface area (Å²) in [7, 11) is 0. The molecule has 2 aromatic rings. The van der Waals surface area contributed by atoms with Crippen molar-refractivity contribution in [2.75, 3.05) is 54.8 Å². The minimum atomic E-state index is 0.335. The lowest BCUT2D eigenvalue weighted by Crippen LogP contribution is -2.48. The first-order valence-electron chi connectivity index (χ1n) is 14.7. The van der Waals surface area contributed by atoms with Crippen LogP contribution in [0.15, 0.2) is 96.6 Å². The molecule has 41 heavy (non-hydrogen) atoms. The summed E-state index contributed by atoms with van der Waals surface area (Å²) in [6.07, 6.45) is 8.22. The smallest absolute Gasteiger partial charge is 0.122 e. The summed E-state index contributed by atoms with van der Waals surface area (Å²) < 4.78 is 0. The van der Waals surface area contributed by atoms with Crippen molar-refractivity contribution >= 4 is 29.0 Å². The molecule has 5 rings (SSSR count). The van der Waals surface area contributed by atoms with Gasteiger partial charge in [0, 0.05) is 78.6 Å². The summed E-state index contributed by atoms with van der Waals surface area (Å²) in [5.41, 5.74) is 13.3. The average molecular weight is 553 g/mol. The van der Waals surface area contributed by atoms with Crippen molar-refractivity contribution in [1.29, 1.82) is 0 Å². The van der Waals surface area contributed by atoms with Gasteiger partial charge in [-0.1, -0.05) is 31.9 Å². The van der Waals surface area contributed by atoms with Crippen LogP contribution in [0.1, 0.15) is 31.2 Å². The molecule has 216 valence electrons. The first-order chi connectivity index (χ1) is 20.0. The van der Waals surface area contributed by atoms with Gasteiger partial charge in [-0.2, -0.15) is 0 Å². The van der Waals surface area contributed by atoms with Crippen LogP contribution in [0.4, 0.5) is 17.1 Å². The van der Waals surface area contributed by atoms with Gasteiger partial charge in [0.1, 0.15) is 5.82 Å². The summed E-state index contributed by atoms with van der Waals surface area (Å²) >= 11 is 0. The molecule has 0 aromatic heterocycles. The van der Waals surface area contributed by atoms with E-state index in [1.807, 2.05) is 24.3 Å². The van der Waals surface area contributed by atoms with Crippen molar-refractivity contribution in [2.45, 2.75) is 37.8 Å². The van der Waals surface area contributed by atoms with Crippen molar-refractivity contribution in [3.05, 3.63) is 97.1 Å². The van der Waals surface area contributed by atoms with E-state index in [4.69, 9.17) is 5.73 Å². The molecule has 2 aromatic carbocycles. The maximum atomic E-state index is 6.29. The van der Waals surface area contributed by atoms with Gasteiger partial charge in [0.2, 0.25) is 0 Å². The molecule has 2 atom stereocenters. The fourth-order valence-corrected chi connectivity index (χ4v) is 5.70. The third-order valence-electron chi connectivity index (χ3n) is 8.16. The molecule has 3 fully saturated rings. The molecule has 0 radical (unpaired) electrons. The number of rotatable bonds is 11. The minimum Gasteiger partial charge on any atom is -0.398 e. The average Bonchev–Trinajstić information content (AvgIpc) is 3.73. The van der Waals surface area contributed by atoms with E-state index in [0.717, 1.165) is 68.3 Å². The number of hydrogen-bond donors (Lipinski definition) is 5. The number of nitrogens with one attached hydrogen (secondary N) is 4. The number of allylic oxidation sites excluding steroid dienone is 1. The molecule has 0 spiro atoms. The molecule has 0 bridgehead atoms. The fourth-order valence-electron chi connectivity index (χ4n) is 5.70. The second kappa shape index (κ2) is 13.6. The van der Waals surface area contributed by atoms with E-state index in [1.54, 1.807) is 12.3 Å². The first kappa shape index (κ1) is 28.5. The number of aliphatic imine (C=N–C) groups is 1. The first-order valence-corrected chi connectivity index (χ1v) is 14.7. The van der Waals surface area contributed by atoms with E-state index in [1.165, 1.54) is 30.6 Å². The zero-order chi connectivity index (χ0) is 28.6. The largest absolute Gasteiger partial charge is 0.398 e. The topological polar surface area (TPSA) is 93.0 Å². The van der Waals surface area contributed by atoms with E-state index in [0.29, 0.717) is 23.6 Å². The van der Waals surface area contributed by atoms with E-state index in [9.17, 15) is 0 Å². The highest BCUT2D eigenvalue weighted by Crippen LogP contribution is 2.24. The highest BCUT2D eigenvalue weighted by Gasteiger charge is 2.25. The van der Waals surface area contributed by atoms with E-state index >= 15 is 0 Å². The SMILES string of the molecule is C=C(/N=C\C=C(/N)c1ccc(NC(=C)[C@H]2CCCN2)cc1)Nc1ccc(N2CCN(C(=C)[C@@H]3CCCN3)CC2)cc1. The van der Waals surface area contributed by atoms with Crippen LogP contribution in [-0.4, -0.2) is 62.5 Å². The molecule has 0 unspecified atom stereocenters. The van der Waals surface area contributed by atoms with Crippen LogP contribution in [0.2, 0.25) is 0 Å². The molecular formula is C33H44N8. The molecule has 0 aliphatic carbocycles. The minimum absolute atomic E-state index is 0.335. The van der Waals surface area contributed by atoms with Crippen molar-refractivity contribution in [3.8, 4) is 0 Å². The molecule has 3 aliphatic rings. The standard InChI is InChI=1S/C33H44N8/c1-24(32-6-4-17-36-32)38-28-10-8-27(9-11-28)31(34)16-19-35-26(3)39-29-12-14-30(15-13-29)41-22-20-40(21-23-41)25(2)33-7-5-18-37-33/h8-16,19,32-33,36-39H,1-7,17-18,20-23,34H2/b31-16-,35-19-/t32-,33+/m1/s1.